The van der Waals surface area contributed by atoms with Gasteiger partial charge in [-0.15, -0.1) is 0 Å². The van der Waals surface area contributed by atoms with Gasteiger partial charge in [0.05, 0.1) is 12.7 Å². The van der Waals surface area contributed by atoms with Crippen molar-refractivity contribution in [1.82, 2.24) is 10.2 Å². The molecule has 1 N–H and O–H groups in total. The summed E-state index contributed by atoms with van der Waals surface area (Å²) >= 11 is 0. The molecular formula is C16H32N2O. The number of morpholine rings is 1. The zero-order valence-corrected chi connectivity index (χ0v) is 13.2. The number of hydrogen-bond donors (Lipinski definition) is 1. The van der Waals surface area contributed by atoms with Crippen LogP contribution in [-0.4, -0.2) is 50.3 Å². The van der Waals surface area contributed by atoms with Crippen LogP contribution < -0.4 is 5.32 Å². The zero-order chi connectivity index (χ0) is 13.8. The predicted octanol–water partition coefficient (Wildman–Crippen LogP) is 2.37. The van der Waals surface area contributed by atoms with Gasteiger partial charge in [0.15, 0.2) is 0 Å². The van der Waals surface area contributed by atoms with Gasteiger partial charge in [-0.2, -0.15) is 0 Å². The topological polar surface area (TPSA) is 24.5 Å². The summed E-state index contributed by atoms with van der Waals surface area (Å²) < 4.78 is 6.07. The Morgan fingerprint density at radius 1 is 1.26 bits per heavy atom. The highest BCUT2D eigenvalue weighted by Crippen LogP contribution is 2.36. The highest BCUT2D eigenvalue weighted by atomic mass is 16.5. The molecule has 5 atom stereocenters. The van der Waals surface area contributed by atoms with Gasteiger partial charge in [-0.1, -0.05) is 27.2 Å². The van der Waals surface area contributed by atoms with Crippen LogP contribution in [0.5, 0.6) is 0 Å². The van der Waals surface area contributed by atoms with Crippen LogP contribution >= 0.6 is 0 Å². The SMILES string of the molecule is CCNC(C1CCC(C)C(C)C1)C1CN(C)CCO1. The molecule has 1 heterocycles. The Morgan fingerprint density at radius 2 is 2.05 bits per heavy atom. The molecular weight excluding hydrogens is 236 g/mol. The molecule has 0 amide bonds. The van der Waals surface area contributed by atoms with E-state index in [4.69, 9.17) is 4.74 Å². The lowest BCUT2D eigenvalue weighted by Crippen LogP contribution is -2.55. The summed E-state index contributed by atoms with van der Waals surface area (Å²) in [5.41, 5.74) is 0. The Bertz CT molecular complexity index is 271. The van der Waals surface area contributed by atoms with Crippen molar-refractivity contribution >= 4 is 0 Å². The van der Waals surface area contributed by atoms with Gasteiger partial charge in [0, 0.05) is 19.1 Å². The number of nitrogens with zero attached hydrogens (tertiary/aromatic N) is 1. The maximum Gasteiger partial charge on any atom is 0.0857 e. The first-order valence-corrected chi connectivity index (χ1v) is 8.15. The lowest BCUT2D eigenvalue weighted by molar-refractivity contribution is -0.0554. The Kier molecular flexibility index (Phi) is 5.67. The van der Waals surface area contributed by atoms with Crippen LogP contribution in [0.3, 0.4) is 0 Å². The minimum absolute atomic E-state index is 0.379. The summed E-state index contributed by atoms with van der Waals surface area (Å²) in [5, 5.41) is 3.73. The van der Waals surface area contributed by atoms with Crippen molar-refractivity contribution in [2.75, 3.05) is 33.3 Å². The summed E-state index contributed by atoms with van der Waals surface area (Å²) in [7, 11) is 2.21. The average molecular weight is 268 g/mol. The fourth-order valence-corrected chi connectivity index (χ4v) is 3.78. The molecule has 5 unspecified atom stereocenters. The van der Waals surface area contributed by atoms with E-state index < -0.39 is 0 Å². The lowest BCUT2D eigenvalue weighted by Gasteiger charge is -2.43. The van der Waals surface area contributed by atoms with Crippen molar-refractivity contribution in [3.05, 3.63) is 0 Å². The Hall–Kier alpha value is -0.120. The van der Waals surface area contributed by atoms with Crippen molar-refractivity contribution in [1.29, 1.82) is 0 Å². The van der Waals surface area contributed by atoms with Crippen LogP contribution in [0.4, 0.5) is 0 Å². The minimum atomic E-state index is 0.379. The van der Waals surface area contributed by atoms with E-state index in [1.165, 1.54) is 19.3 Å². The largest absolute Gasteiger partial charge is 0.374 e. The molecule has 1 saturated heterocycles. The molecule has 0 aromatic rings. The summed E-state index contributed by atoms with van der Waals surface area (Å²) in [6, 6.07) is 0.544. The van der Waals surface area contributed by atoms with Gasteiger partial charge in [-0.25, -0.2) is 0 Å². The molecule has 2 fully saturated rings. The van der Waals surface area contributed by atoms with Crippen molar-refractivity contribution < 1.29 is 4.74 Å². The fourth-order valence-electron chi connectivity index (χ4n) is 3.78. The zero-order valence-electron chi connectivity index (χ0n) is 13.2. The van der Waals surface area contributed by atoms with Crippen LogP contribution in [0.25, 0.3) is 0 Å². The van der Waals surface area contributed by atoms with Gasteiger partial charge < -0.3 is 15.0 Å². The highest BCUT2D eigenvalue weighted by molar-refractivity contribution is 4.90. The third kappa shape index (κ3) is 3.93. The molecule has 3 heteroatoms. The van der Waals surface area contributed by atoms with Crippen LogP contribution in [0.1, 0.15) is 40.0 Å². The molecule has 1 aliphatic carbocycles. The normalized spacial score (nSPS) is 39.2. The first-order valence-electron chi connectivity index (χ1n) is 8.15. The Morgan fingerprint density at radius 3 is 2.68 bits per heavy atom. The summed E-state index contributed by atoms with van der Waals surface area (Å²) in [5.74, 6) is 2.55. The highest BCUT2D eigenvalue weighted by Gasteiger charge is 2.36. The van der Waals surface area contributed by atoms with Gasteiger partial charge in [0.25, 0.3) is 0 Å². The lowest BCUT2D eigenvalue weighted by atomic mass is 9.72. The van der Waals surface area contributed by atoms with Gasteiger partial charge in [0.1, 0.15) is 0 Å². The third-order valence-electron chi connectivity index (χ3n) is 5.28. The molecule has 19 heavy (non-hydrogen) atoms. The van der Waals surface area contributed by atoms with E-state index in [0.29, 0.717) is 12.1 Å². The Balaban J connectivity index is 1.98. The number of ether oxygens (including phenoxy) is 1. The maximum absolute atomic E-state index is 6.07. The van der Waals surface area contributed by atoms with Crippen LogP contribution in [0, 0.1) is 17.8 Å². The number of likely N-dealkylation sites (N-methyl/N-ethyl adjacent to an activating group) is 2. The van der Waals surface area contributed by atoms with Crippen molar-refractivity contribution in [3.63, 3.8) is 0 Å². The van der Waals surface area contributed by atoms with E-state index in [9.17, 15) is 0 Å². The quantitative estimate of drug-likeness (QED) is 0.847. The number of nitrogens with one attached hydrogen (secondary N) is 1. The van der Waals surface area contributed by atoms with E-state index in [1.807, 2.05) is 0 Å². The van der Waals surface area contributed by atoms with Crippen LogP contribution in [-0.2, 0) is 4.74 Å². The van der Waals surface area contributed by atoms with Crippen LogP contribution in [0.15, 0.2) is 0 Å². The van der Waals surface area contributed by atoms with Gasteiger partial charge >= 0.3 is 0 Å². The summed E-state index contributed by atoms with van der Waals surface area (Å²) in [6.07, 6.45) is 4.50. The number of rotatable bonds is 4. The first-order chi connectivity index (χ1) is 9.11. The van der Waals surface area contributed by atoms with Gasteiger partial charge in [-0.3, -0.25) is 0 Å². The van der Waals surface area contributed by atoms with E-state index in [0.717, 1.165) is 44.0 Å². The molecule has 1 saturated carbocycles. The smallest absolute Gasteiger partial charge is 0.0857 e. The molecule has 0 aromatic heterocycles. The second kappa shape index (κ2) is 7.05. The number of hydrogen-bond acceptors (Lipinski definition) is 3. The second-order valence-electron chi connectivity index (χ2n) is 6.78. The standard InChI is InChI=1S/C16H32N2O/c1-5-17-16(15-11-18(4)8-9-19-15)14-7-6-12(2)13(3)10-14/h12-17H,5-11H2,1-4H3. The second-order valence-corrected chi connectivity index (χ2v) is 6.78. The summed E-state index contributed by atoms with van der Waals surface area (Å²) in [4.78, 5) is 2.41. The molecule has 2 aliphatic rings. The predicted molar refractivity (Wildman–Crippen MR) is 80.4 cm³/mol. The Labute approximate surface area is 119 Å². The van der Waals surface area contributed by atoms with Crippen molar-refractivity contribution in [3.8, 4) is 0 Å². The van der Waals surface area contributed by atoms with Crippen molar-refractivity contribution in [2.24, 2.45) is 17.8 Å². The van der Waals surface area contributed by atoms with E-state index in [-0.39, 0.29) is 0 Å². The van der Waals surface area contributed by atoms with E-state index >= 15 is 0 Å². The maximum atomic E-state index is 6.07. The molecule has 0 bridgehead atoms. The van der Waals surface area contributed by atoms with E-state index in [1.54, 1.807) is 0 Å². The van der Waals surface area contributed by atoms with Crippen LogP contribution in [0.2, 0.25) is 0 Å². The fraction of sp³-hybridized carbons (Fsp3) is 1.00. The van der Waals surface area contributed by atoms with Gasteiger partial charge in [-0.05, 0) is 44.2 Å². The monoisotopic (exact) mass is 268 g/mol. The summed E-state index contributed by atoms with van der Waals surface area (Å²) in [6.45, 7) is 11.2. The molecule has 0 radical (unpaired) electrons. The molecule has 112 valence electrons. The van der Waals surface area contributed by atoms with Gasteiger partial charge in [0.2, 0.25) is 0 Å². The van der Waals surface area contributed by atoms with E-state index in [2.05, 4.69) is 38.0 Å². The molecule has 3 nitrogen and oxygen atoms in total. The molecule has 0 aromatic carbocycles. The molecule has 1 aliphatic heterocycles. The first kappa shape index (κ1) is 15.3. The molecule has 2 rings (SSSR count). The van der Waals surface area contributed by atoms with Crippen molar-refractivity contribution in [2.45, 2.75) is 52.2 Å². The third-order valence-corrected chi connectivity index (χ3v) is 5.28. The minimum Gasteiger partial charge on any atom is -0.374 e. The average Bonchev–Trinajstić information content (AvgIpc) is 2.39. The molecule has 0 spiro atoms.